The Hall–Kier alpha value is -0.800. The topological polar surface area (TPSA) is 42.0 Å². The predicted molar refractivity (Wildman–Crippen MR) is 43.9 cm³/mol. The van der Waals surface area contributed by atoms with Gasteiger partial charge in [0.1, 0.15) is 5.02 Å². The minimum absolute atomic E-state index is 0.251. The summed E-state index contributed by atoms with van der Waals surface area (Å²) in [5, 5.41) is 2.93. The van der Waals surface area contributed by atoms with Crippen LogP contribution in [0.1, 0.15) is 0 Å². The molecule has 0 aliphatic carbocycles. The molecule has 1 heterocycles. The molecule has 0 atom stereocenters. The Balaban J connectivity index is 3.05. The largest absolute Gasteiger partial charge is 0.312 e. The van der Waals surface area contributed by atoms with Crippen LogP contribution in [0.25, 0.3) is 0 Å². The molecule has 1 aromatic heterocycles. The number of aromatic nitrogens is 1. The van der Waals surface area contributed by atoms with E-state index in [2.05, 4.69) is 10.3 Å². The van der Waals surface area contributed by atoms with E-state index in [-0.39, 0.29) is 10.8 Å². The number of carbonyl (C=O) groups excluding carboxylic acids is 1. The maximum atomic E-state index is 9.98. The van der Waals surface area contributed by atoms with E-state index < -0.39 is 0 Å². The highest BCUT2D eigenvalue weighted by atomic mass is 35.5. The van der Waals surface area contributed by atoms with Crippen LogP contribution in [0, 0.1) is 0 Å². The third-order valence-corrected chi connectivity index (χ3v) is 1.83. The number of nitrogens with one attached hydrogen (secondary N) is 1. The molecule has 1 rings (SSSR count). The summed E-state index contributed by atoms with van der Waals surface area (Å²) in [6, 6.07) is 1.54. The summed E-state index contributed by atoms with van der Waals surface area (Å²) in [5.41, 5.74) is 0. The lowest BCUT2D eigenvalue weighted by Gasteiger charge is -2.00. The molecule has 11 heavy (non-hydrogen) atoms. The van der Waals surface area contributed by atoms with Crippen molar-refractivity contribution in [3.05, 3.63) is 22.3 Å². The van der Waals surface area contributed by atoms with Crippen molar-refractivity contribution in [2.45, 2.75) is 0 Å². The maximum absolute atomic E-state index is 9.98. The lowest BCUT2D eigenvalue weighted by molar-refractivity contribution is -0.105. The molecule has 0 unspecified atom stereocenters. The van der Waals surface area contributed by atoms with Gasteiger partial charge in [0.05, 0.1) is 5.02 Å². The SMILES string of the molecule is O=CNc1nccc(Cl)c1Cl. The lowest BCUT2D eigenvalue weighted by Crippen LogP contribution is -1.97. The summed E-state index contributed by atoms with van der Waals surface area (Å²) in [5.74, 6) is 0.272. The van der Waals surface area contributed by atoms with Crippen molar-refractivity contribution in [1.82, 2.24) is 4.98 Å². The summed E-state index contributed by atoms with van der Waals surface area (Å²) in [4.78, 5) is 13.8. The van der Waals surface area contributed by atoms with Gasteiger partial charge in [-0.25, -0.2) is 4.98 Å². The number of hydrogen-bond acceptors (Lipinski definition) is 2. The number of rotatable bonds is 2. The van der Waals surface area contributed by atoms with E-state index in [4.69, 9.17) is 23.2 Å². The fourth-order valence-electron chi connectivity index (χ4n) is 0.577. The Morgan fingerprint density at radius 3 is 2.91 bits per heavy atom. The zero-order valence-corrected chi connectivity index (χ0v) is 6.86. The molecule has 0 aromatic carbocycles. The lowest BCUT2D eigenvalue weighted by atomic mass is 10.4. The van der Waals surface area contributed by atoms with Crippen LogP contribution in [0.3, 0.4) is 0 Å². The average molecular weight is 191 g/mol. The predicted octanol–water partition coefficient (Wildman–Crippen LogP) is 1.96. The Labute approximate surface area is 73.3 Å². The second-order valence-corrected chi connectivity index (χ2v) is 2.50. The number of pyridine rings is 1. The van der Waals surface area contributed by atoms with Crippen molar-refractivity contribution in [1.29, 1.82) is 0 Å². The summed E-state index contributed by atoms with van der Waals surface area (Å²) in [6.07, 6.45) is 1.95. The van der Waals surface area contributed by atoms with E-state index in [1.54, 1.807) is 6.07 Å². The Bertz CT molecular complexity index is 277. The van der Waals surface area contributed by atoms with Gasteiger partial charge in [-0.3, -0.25) is 4.79 Å². The molecule has 0 fully saturated rings. The van der Waals surface area contributed by atoms with Gasteiger partial charge in [-0.15, -0.1) is 0 Å². The van der Waals surface area contributed by atoms with Gasteiger partial charge >= 0.3 is 0 Å². The van der Waals surface area contributed by atoms with Crippen molar-refractivity contribution >= 4 is 35.4 Å². The maximum Gasteiger partial charge on any atom is 0.212 e. The summed E-state index contributed by atoms with van der Waals surface area (Å²) in [7, 11) is 0. The Kier molecular flexibility index (Phi) is 2.68. The zero-order valence-electron chi connectivity index (χ0n) is 5.34. The molecule has 3 nitrogen and oxygen atoms in total. The molecule has 0 radical (unpaired) electrons. The zero-order chi connectivity index (χ0) is 8.27. The molecule has 0 saturated carbocycles. The van der Waals surface area contributed by atoms with Crippen LogP contribution in [0.4, 0.5) is 5.82 Å². The van der Waals surface area contributed by atoms with Crippen molar-refractivity contribution in [3.63, 3.8) is 0 Å². The van der Waals surface area contributed by atoms with Gasteiger partial charge < -0.3 is 5.32 Å². The standard InChI is InChI=1S/C6H4Cl2N2O/c7-4-1-2-9-6(5(4)8)10-3-11/h1-3H,(H,9,10,11). The third-order valence-electron chi connectivity index (χ3n) is 1.04. The minimum atomic E-state index is 0.251. The Morgan fingerprint density at radius 2 is 2.27 bits per heavy atom. The molecule has 1 N–H and O–H groups in total. The smallest absolute Gasteiger partial charge is 0.212 e. The van der Waals surface area contributed by atoms with Gasteiger partial charge in [0.25, 0.3) is 0 Å². The van der Waals surface area contributed by atoms with Gasteiger partial charge in [-0.05, 0) is 6.07 Å². The van der Waals surface area contributed by atoms with Crippen molar-refractivity contribution in [2.75, 3.05) is 5.32 Å². The van der Waals surface area contributed by atoms with Crippen LogP contribution < -0.4 is 5.32 Å². The molecule has 0 spiro atoms. The Morgan fingerprint density at radius 1 is 1.55 bits per heavy atom. The molecule has 5 heteroatoms. The van der Waals surface area contributed by atoms with Crippen molar-refractivity contribution in [3.8, 4) is 0 Å². The van der Waals surface area contributed by atoms with E-state index in [1.165, 1.54) is 6.20 Å². The highest BCUT2D eigenvalue weighted by molar-refractivity contribution is 6.43. The van der Waals surface area contributed by atoms with Crippen molar-refractivity contribution < 1.29 is 4.79 Å². The molecular weight excluding hydrogens is 187 g/mol. The first kappa shape index (κ1) is 8.30. The van der Waals surface area contributed by atoms with Gasteiger partial charge in [-0.1, -0.05) is 23.2 Å². The molecule has 1 amide bonds. The summed E-state index contributed by atoms with van der Waals surface area (Å²) in [6.45, 7) is 0. The van der Waals surface area contributed by atoms with Crippen molar-refractivity contribution in [2.24, 2.45) is 0 Å². The van der Waals surface area contributed by atoms with Gasteiger partial charge in [0, 0.05) is 6.20 Å². The van der Waals surface area contributed by atoms with Crippen LogP contribution in [0.5, 0.6) is 0 Å². The molecule has 0 bridgehead atoms. The average Bonchev–Trinajstić information content (AvgIpc) is 1.99. The molecule has 58 valence electrons. The number of carbonyl (C=O) groups is 1. The first-order valence-corrected chi connectivity index (χ1v) is 3.51. The number of halogens is 2. The number of hydrogen-bond donors (Lipinski definition) is 1. The van der Waals surface area contributed by atoms with E-state index >= 15 is 0 Å². The highest BCUT2D eigenvalue weighted by Crippen LogP contribution is 2.26. The monoisotopic (exact) mass is 190 g/mol. The van der Waals surface area contributed by atoms with Crippen LogP contribution in [0.15, 0.2) is 12.3 Å². The van der Waals surface area contributed by atoms with E-state index in [0.717, 1.165) is 0 Å². The summed E-state index contributed by atoms with van der Waals surface area (Å²) < 4.78 is 0. The van der Waals surface area contributed by atoms with Crippen LogP contribution in [-0.4, -0.2) is 11.4 Å². The molecule has 1 aromatic rings. The van der Waals surface area contributed by atoms with Crippen LogP contribution >= 0.6 is 23.2 Å². The second-order valence-electron chi connectivity index (χ2n) is 1.72. The second kappa shape index (κ2) is 3.55. The minimum Gasteiger partial charge on any atom is -0.312 e. The normalized spacial score (nSPS) is 9.27. The first-order chi connectivity index (χ1) is 5.25. The molecule has 0 saturated heterocycles. The fourth-order valence-corrected chi connectivity index (χ4v) is 0.889. The first-order valence-electron chi connectivity index (χ1n) is 2.76. The van der Waals surface area contributed by atoms with E-state index in [0.29, 0.717) is 11.4 Å². The number of nitrogens with zero attached hydrogens (tertiary/aromatic N) is 1. The number of anilines is 1. The summed E-state index contributed by atoms with van der Waals surface area (Å²) >= 11 is 11.3. The molecule has 0 aliphatic heterocycles. The quantitative estimate of drug-likeness (QED) is 0.725. The van der Waals surface area contributed by atoms with Crippen LogP contribution in [0.2, 0.25) is 10.0 Å². The highest BCUT2D eigenvalue weighted by Gasteiger charge is 2.03. The van der Waals surface area contributed by atoms with E-state index in [1.807, 2.05) is 0 Å². The van der Waals surface area contributed by atoms with Crippen LogP contribution in [-0.2, 0) is 4.79 Å². The van der Waals surface area contributed by atoms with E-state index in [9.17, 15) is 4.79 Å². The van der Waals surface area contributed by atoms with Gasteiger partial charge in [0.15, 0.2) is 5.82 Å². The van der Waals surface area contributed by atoms with Gasteiger partial charge in [0.2, 0.25) is 6.41 Å². The third kappa shape index (κ3) is 1.82. The fraction of sp³-hybridized carbons (Fsp3) is 0. The number of amides is 1. The molecular formula is C6H4Cl2N2O. The van der Waals surface area contributed by atoms with Gasteiger partial charge in [-0.2, -0.15) is 0 Å². The molecule has 0 aliphatic rings.